The molecule has 0 N–H and O–H groups in total. The van der Waals surface area contributed by atoms with Crippen LogP contribution in [0.25, 0.3) is 0 Å². The molecule has 2 heteroatoms. The van der Waals surface area contributed by atoms with Gasteiger partial charge in [0.25, 0.3) is 0 Å². The molecule has 14 heavy (non-hydrogen) atoms. The molecule has 1 saturated carbocycles. The van der Waals surface area contributed by atoms with E-state index in [9.17, 15) is 4.79 Å². The molecular weight excluding hydrogens is 240 g/mol. The third kappa shape index (κ3) is 1.63. The van der Waals surface area contributed by atoms with Crippen molar-refractivity contribution in [2.75, 3.05) is 0 Å². The van der Waals surface area contributed by atoms with Crippen LogP contribution in [0, 0.1) is 12.8 Å². The van der Waals surface area contributed by atoms with E-state index >= 15 is 0 Å². The van der Waals surface area contributed by atoms with Gasteiger partial charge in [-0.05, 0) is 31.4 Å². The second-order valence-corrected chi connectivity index (χ2v) is 4.76. The van der Waals surface area contributed by atoms with Crippen molar-refractivity contribution in [1.82, 2.24) is 0 Å². The minimum absolute atomic E-state index is 0.294. The number of hydrogen-bond donors (Lipinski definition) is 0. The predicted molar refractivity (Wildman–Crippen MR) is 60.6 cm³/mol. The Balaban J connectivity index is 2.31. The average molecular weight is 253 g/mol. The first-order valence-corrected chi connectivity index (χ1v) is 5.79. The highest BCUT2D eigenvalue weighted by Crippen LogP contribution is 2.31. The summed E-state index contributed by atoms with van der Waals surface area (Å²) >= 11 is 3.45. The van der Waals surface area contributed by atoms with Crippen LogP contribution in [0.2, 0.25) is 0 Å². The Bertz CT molecular complexity index is 367. The Morgan fingerprint density at radius 3 is 2.71 bits per heavy atom. The lowest BCUT2D eigenvalue weighted by atomic mass is 9.79. The molecular formula is C12H13BrO. The first-order valence-electron chi connectivity index (χ1n) is 4.99. The van der Waals surface area contributed by atoms with Gasteiger partial charge in [-0.3, -0.25) is 4.79 Å². The minimum atomic E-state index is 0.294. The topological polar surface area (TPSA) is 17.1 Å². The average Bonchev–Trinajstić information content (AvgIpc) is 2.06. The lowest BCUT2D eigenvalue weighted by molar-refractivity contribution is 0.0854. The fraction of sp³-hybridized carbons (Fsp3) is 0.417. The summed E-state index contributed by atoms with van der Waals surface area (Å²) in [5.41, 5.74) is 1.97. The van der Waals surface area contributed by atoms with Crippen LogP contribution in [0.15, 0.2) is 22.7 Å². The molecule has 1 aliphatic carbocycles. The molecule has 0 unspecified atom stereocenters. The van der Waals surface area contributed by atoms with Gasteiger partial charge in [-0.25, -0.2) is 0 Å². The molecule has 0 aliphatic heterocycles. The molecule has 0 radical (unpaired) electrons. The maximum atomic E-state index is 12.0. The van der Waals surface area contributed by atoms with E-state index < -0.39 is 0 Å². The number of halogens is 1. The zero-order valence-electron chi connectivity index (χ0n) is 8.22. The van der Waals surface area contributed by atoms with Crippen LogP contribution in [0.1, 0.15) is 35.2 Å². The van der Waals surface area contributed by atoms with E-state index in [1.54, 1.807) is 0 Å². The van der Waals surface area contributed by atoms with Crippen molar-refractivity contribution >= 4 is 21.7 Å². The first kappa shape index (κ1) is 9.91. The number of carbonyl (C=O) groups excluding carboxylic acids is 1. The molecule has 1 nitrogen and oxygen atoms in total. The van der Waals surface area contributed by atoms with Gasteiger partial charge < -0.3 is 0 Å². The Kier molecular flexibility index (Phi) is 2.73. The van der Waals surface area contributed by atoms with Crippen molar-refractivity contribution in [3.8, 4) is 0 Å². The number of carbonyl (C=O) groups is 1. The molecule has 0 amide bonds. The summed E-state index contributed by atoms with van der Waals surface area (Å²) in [6.45, 7) is 2.00. The number of rotatable bonds is 2. The summed E-state index contributed by atoms with van der Waals surface area (Å²) < 4.78 is 1.03. The van der Waals surface area contributed by atoms with Crippen LogP contribution in [0.5, 0.6) is 0 Å². The fourth-order valence-corrected chi connectivity index (χ4v) is 2.13. The van der Waals surface area contributed by atoms with Gasteiger partial charge in [0.1, 0.15) is 0 Å². The van der Waals surface area contributed by atoms with E-state index in [0.717, 1.165) is 28.4 Å². The van der Waals surface area contributed by atoms with Gasteiger partial charge in [0, 0.05) is 16.0 Å². The molecule has 1 fully saturated rings. The first-order chi connectivity index (χ1) is 6.70. The van der Waals surface area contributed by atoms with Gasteiger partial charge in [0.05, 0.1) is 0 Å². The van der Waals surface area contributed by atoms with Crippen molar-refractivity contribution in [3.05, 3.63) is 33.8 Å². The summed E-state index contributed by atoms with van der Waals surface area (Å²) in [6.07, 6.45) is 3.36. The SMILES string of the molecule is Cc1c(Br)cccc1C(=O)C1CCC1. The van der Waals surface area contributed by atoms with Gasteiger partial charge in [-0.15, -0.1) is 0 Å². The van der Waals surface area contributed by atoms with Crippen LogP contribution < -0.4 is 0 Å². The van der Waals surface area contributed by atoms with E-state index in [2.05, 4.69) is 15.9 Å². The number of benzene rings is 1. The van der Waals surface area contributed by atoms with Gasteiger partial charge in [0.2, 0.25) is 0 Å². The molecule has 1 aromatic rings. The molecule has 74 valence electrons. The highest BCUT2D eigenvalue weighted by atomic mass is 79.9. The third-order valence-corrected chi connectivity index (χ3v) is 3.87. The summed E-state index contributed by atoms with van der Waals surface area (Å²) in [5.74, 6) is 0.623. The summed E-state index contributed by atoms with van der Waals surface area (Å²) in [4.78, 5) is 12.0. The summed E-state index contributed by atoms with van der Waals surface area (Å²) in [5, 5.41) is 0. The Labute approximate surface area is 92.6 Å². The van der Waals surface area contributed by atoms with E-state index in [-0.39, 0.29) is 0 Å². The third-order valence-electron chi connectivity index (χ3n) is 3.01. The van der Waals surface area contributed by atoms with E-state index in [0.29, 0.717) is 11.7 Å². The number of Topliss-reactive ketones (excluding diaryl/α,β-unsaturated/α-hetero) is 1. The Hall–Kier alpha value is -0.630. The summed E-state index contributed by atoms with van der Waals surface area (Å²) in [6, 6.07) is 5.84. The summed E-state index contributed by atoms with van der Waals surface area (Å²) in [7, 11) is 0. The molecule has 1 aromatic carbocycles. The largest absolute Gasteiger partial charge is 0.294 e. The van der Waals surface area contributed by atoms with Crippen LogP contribution in [0.3, 0.4) is 0 Å². The number of hydrogen-bond acceptors (Lipinski definition) is 1. The van der Waals surface area contributed by atoms with Crippen LogP contribution in [0.4, 0.5) is 0 Å². The highest BCUT2D eigenvalue weighted by molar-refractivity contribution is 9.10. The Morgan fingerprint density at radius 2 is 2.14 bits per heavy atom. The van der Waals surface area contributed by atoms with E-state index in [4.69, 9.17) is 0 Å². The second-order valence-electron chi connectivity index (χ2n) is 3.90. The molecule has 0 spiro atoms. The minimum Gasteiger partial charge on any atom is -0.294 e. The zero-order chi connectivity index (χ0) is 10.1. The van der Waals surface area contributed by atoms with Gasteiger partial charge in [-0.2, -0.15) is 0 Å². The van der Waals surface area contributed by atoms with Gasteiger partial charge in [0.15, 0.2) is 5.78 Å². The molecule has 0 saturated heterocycles. The van der Waals surface area contributed by atoms with Crippen molar-refractivity contribution in [1.29, 1.82) is 0 Å². The van der Waals surface area contributed by atoms with Gasteiger partial charge >= 0.3 is 0 Å². The maximum absolute atomic E-state index is 12.0. The quantitative estimate of drug-likeness (QED) is 0.734. The van der Waals surface area contributed by atoms with Crippen LogP contribution >= 0.6 is 15.9 Å². The van der Waals surface area contributed by atoms with Crippen molar-refractivity contribution < 1.29 is 4.79 Å². The molecule has 0 aromatic heterocycles. The smallest absolute Gasteiger partial charge is 0.166 e. The lowest BCUT2D eigenvalue weighted by Gasteiger charge is -2.24. The molecule has 0 bridgehead atoms. The van der Waals surface area contributed by atoms with Gasteiger partial charge in [-0.1, -0.05) is 34.5 Å². The molecule has 2 rings (SSSR count). The van der Waals surface area contributed by atoms with Crippen molar-refractivity contribution in [2.45, 2.75) is 26.2 Å². The monoisotopic (exact) mass is 252 g/mol. The van der Waals surface area contributed by atoms with Crippen molar-refractivity contribution in [3.63, 3.8) is 0 Å². The van der Waals surface area contributed by atoms with E-state index in [1.165, 1.54) is 6.42 Å². The normalized spacial score (nSPS) is 16.4. The maximum Gasteiger partial charge on any atom is 0.166 e. The van der Waals surface area contributed by atoms with E-state index in [1.807, 2.05) is 25.1 Å². The zero-order valence-corrected chi connectivity index (χ0v) is 9.80. The predicted octanol–water partition coefficient (Wildman–Crippen LogP) is 3.74. The van der Waals surface area contributed by atoms with Crippen molar-refractivity contribution in [2.24, 2.45) is 5.92 Å². The number of ketones is 1. The van der Waals surface area contributed by atoms with Crippen LogP contribution in [-0.2, 0) is 0 Å². The lowest BCUT2D eigenvalue weighted by Crippen LogP contribution is -2.22. The fourth-order valence-electron chi connectivity index (χ4n) is 1.76. The second kappa shape index (κ2) is 3.85. The molecule has 0 heterocycles. The standard InChI is InChI=1S/C12H13BrO/c1-8-10(6-3-7-11(8)13)12(14)9-4-2-5-9/h3,6-7,9H,2,4-5H2,1H3. The van der Waals surface area contributed by atoms with Crippen LogP contribution in [-0.4, -0.2) is 5.78 Å². The Morgan fingerprint density at radius 1 is 1.43 bits per heavy atom. The molecule has 1 aliphatic rings. The highest BCUT2D eigenvalue weighted by Gasteiger charge is 2.27. The molecule has 0 atom stereocenters.